The predicted molar refractivity (Wildman–Crippen MR) is 91.8 cm³/mol. The molecule has 1 N–H and O–H groups in total. The zero-order valence-corrected chi connectivity index (χ0v) is 14.3. The van der Waals surface area contributed by atoms with Gasteiger partial charge in [0.15, 0.2) is 0 Å². The van der Waals surface area contributed by atoms with Crippen LogP contribution in [0.15, 0.2) is 12.1 Å². The Balaban J connectivity index is 2.49. The van der Waals surface area contributed by atoms with Gasteiger partial charge < -0.3 is 5.32 Å². The summed E-state index contributed by atoms with van der Waals surface area (Å²) >= 11 is 1.99. The molecule has 0 atom stereocenters. The minimum Gasteiger partial charge on any atom is -0.312 e. The fraction of sp³-hybridized carbons (Fsp3) is 0.556. The van der Waals surface area contributed by atoms with Crippen molar-refractivity contribution in [2.75, 3.05) is 6.54 Å². The molecule has 0 aliphatic carbocycles. The minimum atomic E-state index is 0.706. The lowest BCUT2D eigenvalue weighted by Gasteiger charge is -2.10. The van der Waals surface area contributed by atoms with E-state index in [0.29, 0.717) is 5.92 Å². The van der Waals surface area contributed by atoms with Gasteiger partial charge in [0.25, 0.3) is 0 Å². The summed E-state index contributed by atoms with van der Waals surface area (Å²) in [6.45, 7) is 13.5. The maximum absolute atomic E-state index is 3.58. The van der Waals surface area contributed by atoms with Gasteiger partial charge in [0.1, 0.15) is 0 Å². The lowest BCUT2D eigenvalue weighted by Crippen LogP contribution is -2.14. The van der Waals surface area contributed by atoms with Gasteiger partial charge in [-0.2, -0.15) is 0 Å². The van der Waals surface area contributed by atoms with Gasteiger partial charge >= 0.3 is 0 Å². The van der Waals surface area contributed by atoms with Crippen LogP contribution in [0.25, 0.3) is 10.1 Å². The average molecular weight is 289 g/mol. The predicted octanol–water partition coefficient (Wildman–Crippen LogP) is 5.22. The zero-order chi connectivity index (χ0) is 14.7. The summed E-state index contributed by atoms with van der Waals surface area (Å²) in [6, 6.07) is 4.54. The highest BCUT2D eigenvalue weighted by Gasteiger charge is 2.16. The van der Waals surface area contributed by atoms with E-state index in [2.05, 4.69) is 52.1 Å². The van der Waals surface area contributed by atoms with Crippen molar-refractivity contribution >= 4 is 21.4 Å². The number of aryl methyl sites for hydroxylation is 2. The second-order valence-electron chi connectivity index (χ2n) is 6.18. The van der Waals surface area contributed by atoms with Gasteiger partial charge in [-0.3, -0.25) is 0 Å². The first-order chi connectivity index (χ1) is 9.54. The smallest absolute Gasteiger partial charge is 0.0380 e. The summed E-state index contributed by atoms with van der Waals surface area (Å²) in [6.07, 6.45) is 2.38. The van der Waals surface area contributed by atoms with Crippen molar-refractivity contribution in [1.82, 2.24) is 5.32 Å². The highest BCUT2D eigenvalue weighted by atomic mass is 32.1. The second kappa shape index (κ2) is 6.73. The molecule has 1 aromatic carbocycles. The number of rotatable bonds is 6. The van der Waals surface area contributed by atoms with E-state index >= 15 is 0 Å². The average Bonchev–Trinajstić information content (AvgIpc) is 2.74. The molecule has 0 aliphatic rings. The molecule has 0 bridgehead atoms. The maximum Gasteiger partial charge on any atom is 0.0380 e. The fourth-order valence-electron chi connectivity index (χ4n) is 2.76. The maximum atomic E-state index is 3.58. The minimum absolute atomic E-state index is 0.706. The van der Waals surface area contributed by atoms with Crippen LogP contribution in [0.4, 0.5) is 0 Å². The Labute approximate surface area is 127 Å². The van der Waals surface area contributed by atoms with Crippen LogP contribution in [-0.2, 0) is 13.0 Å². The first kappa shape index (κ1) is 15.5. The van der Waals surface area contributed by atoms with Crippen LogP contribution in [0.5, 0.6) is 0 Å². The van der Waals surface area contributed by atoms with Crippen LogP contribution in [0.3, 0.4) is 0 Å². The van der Waals surface area contributed by atoms with E-state index in [-0.39, 0.29) is 0 Å². The fourth-order valence-corrected chi connectivity index (χ4v) is 4.11. The molecule has 2 rings (SSSR count). The van der Waals surface area contributed by atoms with Crippen LogP contribution in [0.2, 0.25) is 0 Å². The lowest BCUT2D eigenvalue weighted by atomic mass is 9.96. The molecule has 1 aromatic heterocycles. The molecule has 2 aromatic rings. The molecule has 0 saturated carbocycles. The highest BCUT2D eigenvalue weighted by molar-refractivity contribution is 7.19. The Morgan fingerprint density at radius 3 is 2.50 bits per heavy atom. The summed E-state index contributed by atoms with van der Waals surface area (Å²) in [5, 5.41) is 5.10. The van der Waals surface area contributed by atoms with E-state index < -0.39 is 0 Å². The van der Waals surface area contributed by atoms with E-state index in [4.69, 9.17) is 0 Å². The summed E-state index contributed by atoms with van der Waals surface area (Å²) in [5.74, 6) is 0.706. The van der Waals surface area contributed by atoms with E-state index in [1.807, 2.05) is 11.3 Å². The number of fused-ring (bicyclic) bond motifs is 1. The normalized spacial score (nSPS) is 11.7. The number of nitrogens with one attached hydrogen (secondary N) is 1. The molecular formula is C18H27NS. The van der Waals surface area contributed by atoms with Gasteiger partial charge in [0.2, 0.25) is 0 Å². The number of hydrogen-bond donors (Lipinski definition) is 1. The van der Waals surface area contributed by atoms with Gasteiger partial charge in [0.05, 0.1) is 0 Å². The van der Waals surface area contributed by atoms with E-state index in [1.54, 1.807) is 10.4 Å². The molecule has 0 spiro atoms. The molecule has 0 fully saturated rings. The number of thiophene rings is 1. The molecule has 20 heavy (non-hydrogen) atoms. The lowest BCUT2D eigenvalue weighted by molar-refractivity contribution is 0.636. The quantitative estimate of drug-likeness (QED) is 0.719. The highest BCUT2D eigenvalue weighted by Crippen LogP contribution is 2.37. The Kier molecular flexibility index (Phi) is 5.22. The van der Waals surface area contributed by atoms with Crippen LogP contribution < -0.4 is 5.32 Å². The molecule has 0 unspecified atom stereocenters. The molecular weight excluding hydrogens is 262 g/mol. The summed E-state index contributed by atoms with van der Waals surface area (Å²) in [7, 11) is 0. The molecule has 0 radical (unpaired) electrons. The van der Waals surface area contributed by atoms with Crippen molar-refractivity contribution in [3.63, 3.8) is 0 Å². The Morgan fingerprint density at radius 2 is 1.85 bits per heavy atom. The van der Waals surface area contributed by atoms with Gasteiger partial charge in [-0.25, -0.2) is 0 Å². The van der Waals surface area contributed by atoms with Crippen molar-refractivity contribution in [2.24, 2.45) is 5.92 Å². The van der Waals surface area contributed by atoms with Crippen LogP contribution in [-0.4, -0.2) is 6.54 Å². The van der Waals surface area contributed by atoms with Crippen molar-refractivity contribution in [2.45, 2.75) is 54.0 Å². The van der Waals surface area contributed by atoms with Gasteiger partial charge in [-0.15, -0.1) is 11.3 Å². The van der Waals surface area contributed by atoms with Gasteiger partial charge in [-0.1, -0.05) is 32.9 Å². The topological polar surface area (TPSA) is 12.0 Å². The first-order valence-electron chi connectivity index (χ1n) is 7.75. The molecule has 0 aliphatic heterocycles. The van der Waals surface area contributed by atoms with Gasteiger partial charge in [0, 0.05) is 16.1 Å². The number of hydrogen-bond acceptors (Lipinski definition) is 2. The standard InChI is InChI=1S/C18H27NS/c1-6-9-19-11-16-15(10-12(2)3)17-13(4)7-8-14(5)18(17)20-16/h7-8,12,19H,6,9-11H2,1-5H3. The largest absolute Gasteiger partial charge is 0.312 e. The van der Waals surface area contributed by atoms with E-state index in [0.717, 1.165) is 13.1 Å². The molecule has 0 amide bonds. The summed E-state index contributed by atoms with van der Waals surface area (Å²) in [4.78, 5) is 1.54. The Hall–Kier alpha value is -0.860. The number of benzene rings is 1. The third-order valence-corrected chi connectivity index (χ3v) is 5.12. The Morgan fingerprint density at radius 1 is 1.15 bits per heavy atom. The van der Waals surface area contributed by atoms with Crippen LogP contribution in [0.1, 0.15) is 48.8 Å². The first-order valence-corrected chi connectivity index (χ1v) is 8.57. The molecule has 110 valence electrons. The third kappa shape index (κ3) is 3.24. The third-order valence-electron chi connectivity index (χ3n) is 3.75. The van der Waals surface area contributed by atoms with E-state index in [9.17, 15) is 0 Å². The van der Waals surface area contributed by atoms with E-state index in [1.165, 1.54) is 34.1 Å². The molecule has 2 heteroatoms. The molecule has 1 nitrogen and oxygen atoms in total. The van der Waals surface area contributed by atoms with Crippen LogP contribution >= 0.6 is 11.3 Å². The van der Waals surface area contributed by atoms with Crippen LogP contribution in [0, 0.1) is 19.8 Å². The molecule has 0 saturated heterocycles. The second-order valence-corrected chi connectivity index (χ2v) is 7.29. The summed E-state index contributed by atoms with van der Waals surface area (Å²) in [5.41, 5.74) is 4.44. The monoisotopic (exact) mass is 289 g/mol. The van der Waals surface area contributed by atoms with Crippen molar-refractivity contribution in [3.8, 4) is 0 Å². The van der Waals surface area contributed by atoms with Crippen molar-refractivity contribution < 1.29 is 0 Å². The Bertz CT molecular complexity index is 581. The van der Waals surface area contributed by atoms with Crippen molar-refractivity contribution in [3.05, 3.63) is 33.7 Å². The van der Waals surface area contributed by atoms with Gasteiger partial charge in [-0.05, 0) is 61.2 Å². The summed E-state index contributed by atoms with van der Waals surface area (Å²) < 4.78 is 1.49. The molecule has 1 heterocycles. The SMILES string of the molecule is CCCNCc1sc2c(C)ccc(C)c2c1CC(C)C. The zero-order valence-electron chi connectivity index (χ0n) is 13.5. The van der Waals surface area contributed by atoms with Crippen molar-refractivity contribution in [1.29, 1.82) is 0 Å².